The van der Waals surface area contributed by atoms with Gasteiger partial charge in [0.2, 0.25) is 5.91 Å². The Kier molecular flexibility index (Phi) is 6.57. The molecule has 1 rings (SSSR count). The number of nitrogens with one attached hydrogen (secondary N) is 2. The zero-order chi connectivity index (χ0) is 12.7. The predicted molar refractivity (Wildman–Crippen MR) is 75.6 cm³/mol. The maximum Gasteiger partial charge on any atom is 0.221 e. The van der Waals surface area contributed by atoms with E-state index < -0.39 is 0 Å². The number of furan rings is 1. The first-order chi connectivity index (χ1) is 8.08. The number of carbonyl (C=O) groups excluding carboxylic acids is 1. The number of hydrogen-bond acceptors (Lipinski definition) is 3. The van der Waals surface area contributed by atoms with Gasteiger partial charge < -0.3 is 15.1 Å². The second-order valence-corrected chi connectivity index (χ2v) is 5.39. The summed E-state index contributed by atoms with van der Waals surface area (Å²) in [5.41, 5.74) is 0. The van der Waals surface area contributed by atoms with Gasteiger partial charge in [-0.25, -0.2) is 0 Å². The monoisotopic (exact) mass is 350 g/mol. The van der Waals surface area contributed by atoms with Gasteiger partial charge in [-0.3, -0.25) is 4.79 Å². The van der Waals surface area contributed by atoms with Gasteiger partial charge >= 0.3 is 0 Å². The molecular formula is C12H19IN2O2. The lowest BCUT2D eigenvalue weighted by Gasteiger charge is -2.07. The minimum Gasteiger partial charge on any atom is -0.454 e. The Hall–Kier alpha value is -0.560. The smallest absolute Gasteiger partial charge is 0.221 e. The van der Waals surface area contributed by atoms with Crippen molar-refractivity contribution in [3.8, 4) is 0 Å². The number of hydrogen-bond donors (Lipinski definition) is 2. The average Bonchev–Trinajstić information content (AvgIpc) is 2.68. The van der Waals surface area contributed by atoms with E-state index in [0.29, 0.717) is 25.4 Å². The van der Waals surface area contributed by atoms with Crippen molar-refractivity contribution in [1.82, 2.24) is 10.6 Å². The largest absolute Gasteiger partial charge is 0.454 e. The summed E-state index contributed by atoms with van der Waals surface area (Å²) in [7, 11) is 0. The van der Waals surface area contributed by atoms with E-state index in [1.807, 2.05) is 12.1 Å². The highest BCUT2D eigenvalue weighted by molar-refractivity contribution is 14.1. The maximum atomic E-state index is 11.4. The average molecular weight is 350 g/mol. The number of halogens is 1. The van der Waals surface area contributed by atoms with Gasteiger partial charge in [-0.15, -0.1) is 0 Å². The summed E-state index contributed by atoms with van der Waals surface area (Å²) in [6, 6.07) is 3.86. The second-order valence-electron chi connectivity index (χ2n) is 4.33. The van der Waals surface area contributed by atoms with Crippen LogP contribution >= 0.6 is 22.6 Å². The molecule has 0 aliphatic rings. The van der Waals surface area contributed by atoms with Crippen LogP contribution in [0.5, 0.6) is 0 Å². The van der Waals surface area contributed by atoms with E-state index in [1.54, 1.807) is 0 Å². The highest BCUT2D eigenvalue weighted by atomic mass is 127. The van der Waals surface area contributed by atoms with Crippen LogP contribution in [0, 0.1) is 9.68 Å². The third kappa shape index (κ3) is 6.68. The zero-order valence-electron chi connectivity index (χ0n) is 10.3. The van der Waals surface area contributed by atoms with Crippen LogP contribution < -0.4 is 10.6 Å². The Morgan fingerprint density at radius 3 is 2.82 bits per heavy atom. The molecule has 0 aromatic carbocycles. The van der Waals surface area contributed by atoms with E-state index in [0.717, 1.165) is 16.1 Å². The van der Waals surface area contributed by atoms with Crippen molar-refractivity contribution < 1.29 is 9.21 Å². The van der Waals surface area contributed by atoms with Gasteiger partial charge in [0.1, 0.15) is 5.76 Å². The Balaban J connectivity index is 2.06. The first-order valence-electron chi connectivity index (χ1n) is 5.79. The molecule has 96 valence electrons. The molecule has 0 unspecified atom stereocenters. The minimum absolute atomic E-state index is 0.0974. The summed E-state index contributed by atoms with van der Waals surface area (Å²) >= 11 is 2.13. The van der Waals surface area contributed by atoms with Crippen molar-refractivity contribution in [3.63, 3.8) is 0 Å². The van der Waals surface area contributed by atoms with E-state index in [2.05, 4.69) is 47.1 Å². The van der Waals surface area contributed by atoms with Crippen molar-refractivity contribution >= 4 is 28.5 Å². The normalized spacial score (nSPS) is 10.8. The highest BCUT2D eigenvalue weighted by Gasteiger charge is 2.02. The van der Waals surface area contributed by atoms with E-state index in [4.69, 9.17) is 4.42 Å². The summed E-state index contributed by atoms with van der Waals surface area (Å²) in [6.45, 7) is 6.24. The van der Waals surface area contributed by atoms with Gasteiger partial charge in [0.05, 0.1) is 6.54 Å². The lowest BCUT2D eigenvalue weighted by atomic mass is 10.2. The summed E-state index contributed by atoms with van der Waals surface area (Å²) < 4.78 is 6.28. The van der Waals surface area contributed by atoms with Crippen LogP contribution in [0.3, 0.4) is 0 Å². The van der Waals surface area contributed by atoms with E-state index in [-0.39, 0.29) is 5.91 Å². The fourth-order valence-corrected chi connectivity index (χ4v) is 1.73. The first kappa shape index (κ1) is 14.5. The molecule has 0 saturated carbocycles. The molecule has 0 aliphatic heterocycles. The van der Waals surface area contributed by atoms with Crippen LogP contribution in [-0.4, -0.2) is 19.0 Å². The highest BCUT2D eigenvalue weighted by Crippen LogP contribution is 2.09. The number of amides is 1. The van der Waals surface area contributed by atoms with Crippen molar-refractivity contribution in [1.29, 1.82) is 0 Å². The Bertz CT molecular complexity index is 350. The van der Waals surface area contributed by atoms with Crippen molar-refractivity contribution in [2.75, 3.05) is 13.1 Å². The molecule has 5 heteroatoms. The van der Waals surface area contributed by atoms with Crippen molar-refractivity contribution in [2.24, 2.45) is 5.92 Å². The van der Waals surface area contributed by atoms with E-state index >= 15 is 0 Å². The first-order valence-corrected chi connectivity index (χ1v) is 6.87. The molecular weight excluding hydrogens is 331 g/mol. The van der Waals surface area contributed by atoms with Crippen LogP contribution in [0.4, 0.5) is 0 Å². The molecule has 0 aliphatic carbocycles. The molecule has 1 amide bonds. The van der Waals surface area contributed by atoms with Gasteiger partial charge in [-0.1, -0.05) is 13.8 Å². The van der Waals surface area contributed by atoms with Crippen LogP contribution in [-0.2, 0) is 11.3 Å². The summed E-state index contributed by atoms with van der Waals surface area (Å²) in [4.78, 5) is 11.4. The quantitative estimate of drug-likeness (QED) is 0.585. The summed E-state index contributed by atoms with van der Waals surface area (Å²) in [5.74, 6) is 1.49. The lowest BCUT2D eigenvalue weighted by Crippen LogP contribution is -2.30. The Morgan fingerprint density at radius 2 is 2.24 bits per heavy atom. The van der Waals surface area contributed by atoms with Crippen LogP contribution in [0.25, 0.3) is 0 Å². The Labute approximate surface area is 116 Å². The molecule has 2 N–H and O–H groups in total. The molecule has 1 heterocycles. The second kappa shape index (κ2) is 7.71. The van der Waals surface area contributed by atoms with Crippen LogP contribution in [0.15, 0.2) is 16.5 Å². The molecule has 0 spiro atoms. The van der Waals surface area contributed by atoms with Gasteiger partial charge in [0.25, 0.3) is 0 Å². The number of rotatable bonds is 7. The van der Waals surface area contributed by atoms with Crippen LogP contribution in [0.2, 0.25) is 0 Å². The predicted octanol–water partition coefficient (Wildman–Crippen LogP) is 2.14. The molecule has 0 atom stereocenters. The third-order valence-electron chi connectivity index (χ3n) is 2.16. The van der Waals surface area contributed by atoms with Gasteiger partial charge in [0, 0.05) is 19.5 Å². The molecule has 17 heavy (non-hydrogen) atoms. The zero-order valence-corrected chi connectivity index (χ0v) is 12.4. The van der Waals surface area contributed by atoms with Gasteiger partial charge in [-0.2, -0.15) is 0 Å². The van der Waals surface area contributed by atoms with Gasteiger partial charge in [-0.05, 0) is 40.6 Å². The maximum absolute atomic E-state index is 11.4. The Morgan fingerprint density at radius 1 is 1.47 bits per heavy atom. The van der Waals surface area contributed by atoms with E-state index in [1.165, 1.54) is 0 Å². The molecule has 0 saturated heterocycles. The van der Waals surface area contributed by atoms with Crippen molar-refractivity contribution in [3.05, 3.63) is 21.7 Å². The van der Waals surface area contributed by atoms with E-state index in [9.17, 15) is 4.79 Å². The molecule has 4 nitrogen and oxygen atoms in total. The molecule has 0 bridgehead atoms. The SMILES string of the molecule is CC(C)CNC(=O)CCNCc1ccc(I)o1. The van der Waals surface area contributed by atoms with Crippen molar-refractivity contribution in [2.45, 2.75) is 26.8 Å². The van der Waals surface area contributed by atoms with Gasteiger partial charge in [0.15, 0.2) is 3.77 Å². The number of carbonyl (C=O) groups is 1. The molecule has 1 aromatic rings. The van der Waals surface area contributed by atoms with Crippen LogP contribution in [0.1, 0.15) is 26.0 Å². The molecule has 0 fully saturated rings. The standard InChI is InChI=1S/C12H19IN2O2/c1-9(2)7-15-12(16)5-6-14-8-10-3-4-11(13)17-10/h3-4,9,14H,5-8H2,1-2H3,(H,15,16). The minimum atomic E-state index is 0.0974. The molecule has 0 radical (unpaired) electrons. The fraction of sp³-hybridized carbons (Fsp3) is 0.583. The topological polar surface area (TPSA) is 54.3 Å². The third-order valence-corrected chi connectivity index (χ3v) is 2.74. The fourth-order valence-electron chi connectivity index (χ4n) is 1.27. The lowest BCUT2D eigenvalue weighted by molar-refractivity contribution is -0.121. The summed E-state index contributed by atoms with van der Waals surface area (Å²) in [6.07, 6.45) is 0.504. The molecule has 1 aromatic heterocycles. The summed E-state index contributed by atoms with van der Waals surface area (Å²) in [5, 5.41) is 6.06.